The van der Waals surface area contributed by atoms with Crippen LogP contribution in [0.5, 0.6) is 5.75 Å². The van der Waals surface area contributed by atoms with Crippen molar-refractivity contribution in [1.29, 1.82) is 0 Å². The molecule has 0 fully saturated rings. The molecule has 1 aromatic carbocycles. The fourth-order valence-corrected chi connectivity index (χ4v) is 3.33. The Morgan fingerprint density at radius 3 is 2.65 bits per heavy atom. The molecule has 0 atom stereocenters. The molecular formula is C16H18O4. The number of carboxylic acid groups (broad SMARTS) is 1. The highest BCUT2D eigenvalue weighted by Crippen LogP contribution is 2.37. The van der Waals surface area contributed by atoms with Gasteiger partial charge in [0.1, 0.15) is 5.75 Å². The molecule has 1 aromatic rings. The Bertz CT molecular complexity index is 574. The second kappa shape index (κ2) is 5.27. The van der Waals surface area contributed by atoms with Crippen molar-refractivity contribution in [1.82, 2.24) is 0 Å². The third kappa shape index (κ3) is 2.30. The van der Waals surface area contributed by atoms with Crippen LogP contribution in [0.4, 0.5) is 0 Å². The minimum Gasteiger partial charge on any atom is -0.482 e. The minimum absolute atomic E-state index is 0.199. The first-order valence-electron chi connectivity index (χ1n) is 7.22. The van der Waals surface area contributed by atoms with Gasteiger partial charge in [0.15, 0.2) is 12.4 Å². The fraction of sp³-hybridized carbons (Fsp3) is 0.500. The van der Waals surface area contributed by atoms with Gasteiger partial charge in [0.2, 0.25) is 0 Å². The molecular weight excluding hydrogens is 256 g/mol. The van der Waals surface area contributed by atoms with Gasteiger partial charge in [-0.3, -0.25) is 4.79 Å². The molecule has 0 radical (unpaired) electrons. The third-order valence-corrected chi connectivity index (χ3v) is 4.18. The van der Waals surface area contributed by atoms with E-state index in [-0.39, 0.29) is 12.4 Å². The van der Waals surface area contributed by atoms with Gasteiger partial charge in [0.05, 0.1) is 0 Å². The Kier molecular flexibility index (Phi) is 3.47. The van der Waals surface area contributed by atoms with E-state index >= 15 is 0 Å². The molecule has 0 amide bonds. The van der Waals surface area contributed by atoms with Crippen LogP contribution in [0.25, 0.3) is 0 Å². The first-order chi connectivity index (χ1) is 9.66. The highest BCUT2D eigenvalue weighted by molar-refractivity contribution is 6.01. The number of carboxylic acids is 1. The predicted molar refractivity (Wildman–Crippen MR) is 73.5 cm³/mol. The SMILES string of the molecule is O=C(O)COc1cc2c(c3c1CCCC3=O)CCCC2. The van der Waals surface area contributed by atoms with Gasteiger partial charge in [-0.15, -0.1) is 0 Å². The number of ketones is 1. The second-order valence-corrected chi connectivity index (χ2v) is 5.53. The van der Waals surface area contributed by atoms with Crippen LogP contribution in [-0.4, -0.2) is 23.5 Å². The van der Waals surface area contributed by atoms with E-state index in [0.29, 0.717) is 12.2 Å². The summed E-state index contributed by atoms with van der Waals surface area (Å²) in [7, 11) is 0. The quantitative estimate of drug-likeness (QED) is 0.920. The average molecular weight is 274 g/mol. The first-order valence-corrected chi connectivity index (χ1v) is 7.22. The lowest BCUT2D eigenvalue weighted by Crippen LogP contribution is -2.20. The monoisotopic (exact) mass is 274 g/mol. The van der Waals surface area contributed by atoms with Crippen LogP contribution in [0.15, 0.2) is 6.07 Å². The summed E-state index contributed by atoms with van der Waals surface area (Å²) in [4.78, 5) is 23.0. The van der Waals surface area contributed by atoms with Gasteiger partial charge in [0, 0.05) is 17.5 Å². The maximum Gasteiger partial charge on any atom is 0.341 e. The molecule has 0 heterocycles. The van der Waals surface area contributed by atoms with Crippen LogP contribution in [0, 0.1) is 0 Å². The maximum atomic E-state index is 12.3. The van der Waals surface area contributed by atoms with E-state index in [2.05, 4.69) is 0 Å². The number of carbonyl (C=O) groups is 2. The molecule has 106 valence electrons. The molecule has 2 aliphatic rings. The molecule has 20 heavy (non-hydrogen) atoms. The van der Waals surface area contributed by atoms with Gasteiger partial charge in [-0.2, -0.15) is 0 Å². The highest BCUT2D eigenvalue weighted by atomic mass is 16.5. The smallest absolute Gasteiger partial charge is 0.341 e. The van der Waals surface area contributed by atoms with E-state index in [1.807, 2.05) is 6.07 Å². The van der Waals surface area contributed by atoms with Crippen molar-refractivity contribution in [2.24, 2.45) is 0 Å². The molecule has 2 aliphatic carbocycles. The van der Waals surface area contributed by atoms with Crippen molar-refractivity contribution in [3.63, 3.8) is 0 Å². The second-order valence-electron chi connectivity index (χ2n) is 5.53. The predicted octanol–water partition coefficient (Wildman–Crippen LogP) is 2.55. The number of aliphatic carboxylic acids is 1. The van der Waals surface area contributed by atoms with E-state index in [4.69, 9.17) is 9.84 Å². The summed E-state index contributed by atoms with van der Waals surface area (Å²) in [6, 6.07) is 1.97. The lowest BCUT2D eigenvalue weighted by atomic mass is 9.79. The number of hydrogen-bond acceptors (Lipinski definition) is 3. The zero-order valence-corrected chi connectivity index (χ0v) is 11.4. The van der Waals surface area contributed by atoms with Crippen LogP contribution < -0.4 is 4.74 Å². The number of ether oxygens (including phenoxy) is 1. The summed E-state index contributed by atoms with van der Waals surface area (Å²) in [5.74, 6) is -0.181. The summed E-state index contributed by atoms with van der Waals surface area (Å²) in [6.45, 7) is -0.348. The normalized spacial score (nSPS) is 17.3. The van der Waals surface area contributed by atoms with Crippen LogP contribution >= 0.6 is 0 Å². The van der Waals surface area contributed by atoms with Gasteiger partial charge in [-0.05, 0) is 55.7 Å². The molecule has 0 saturated carbocycles. The van der Waals surface area contributed by atoms with Crippen molar-refractivity contribution < 1.29 is 19.4 Å². The van der Waals surface area contributed by atoms with Gasteiger partial charge in [0.25, 0.3) is 0 Å². The van der Waals surface area contributed by atoms with Gasteiger partial charge in [-0.1, -0.05) is 0 Å². The lowest BCUT2D eigenvalue weighted by Gasteiger charge is -2.26. The molecule has 4 nitrogen and oxygen atoms in total. The number of fused-ring (bicyclic) bond motifs is 3. The zero-order valence-electron chi connectivity index (χ0n) is 11.4. The summed E-state index contributed by atoms with van der Waals surface area (Å²) in [5, 5.41) is 8.78. The average Bonchev–Trinajstić information content (AvgIpc) is 2.44. The van der Waals surface area contributed by atoms with E-state index in [0.717, 1.165) is 49.7 Å². The lowest BCUT2D eigenvalue weighted by molar-refractivity contribution is -0.139. The summed E-state index contributed by atoms with van der Waals surface area (Å²) in [5.41, 5.74) is 4.14. The molecule has 4 heteroatoms. The first kappa shape index (κ1) is 13.2. The van der Waals surface area contributed by atoms with E-state index in [1.54, 1.807) is 0 Å². The Labute approximate surface area is 117 Å². The molecule has 0 aliphatic heterocycles. The number of aryl methyl sites for hydroxylation is 1. The Hall–Kier alpha value is -1.84. The maximum absolute atomic E-state index is 12.3. The summed E-state index contributed by atoms with van der Waals surface area (Å²) in [6.07, 6.45) is 6.40. The molecule has 0 spiro atoms. The standard InChI is InChI=1S/C16H18O4/c17-13-7-3-6-12-14(20-9-15(18)19)8-10-4-1-2-5-11(10)16(12)13/h8H,1-7,9H2,(H,18,19). The Morgan fingerprint density at radius 1 is 1.10 bits per heavy atom. The number of carbonyl (C=O) groups excluding carboxylic acids is 1. The molecule has 0 unspecified atom stereocenters. The summed E-state index contributed by atoms with van der Waals surface area (Å²) >= 11 is 0. The van der Waals surface area contributed by atoms with Crippen molar-refractivity contribution in [3.05, 3.63) is 28.3 Å². The number of rotatable bonds is 3. The number of benzene rings is 1. The summed E-state index contributed by atoms with van der Waals surface area (Å²) < 4.78 is 5.43. The third-order valence-electron chi connectivity index (χ3n) is 4.18. The van der Waals surface area contributed by atoms with E-state index in [1.165, 1.54) is 11.1 Å². The Balaban J connectivity index is 2.08. The van der Waals surface area contributed by atoms with Crippen LogP contribution in [0.2, 0.25) is 0 Å². The van der Waals surface area contributed by atoms with Gasteiger partial charge < -0.3 is 9.84 Å². The van der Waals surface area contributed by atoms with Crippen LogP contribution in [-0.2, 0) is 24.1 Å². The zero-order chi connectivity index (χ0) is 14.1. The van der Waals surface area contributed by atoms with E-state index < -0.39 is 5.97 Å². The van der Waals surface area contributed by atoms with Crippen molar-refractivity contribution in [2.45, 2.75) is 44.9 Å². The van der Waals surface area contributed by atoms with Gasteiger partial charge >= 0.3 is 5.97 Å². The van der Waals surface area contributed by atoms with E-state index in [9.17, 15) is 9.59 Å². The number of hydrogen-bond donors (Lipinski definition) is 1. The molecule has 0 bridgehead atoms. The fourth-order valence-electron chi connectivity index (χ4n) is 3.33. The largest absolute Gasteiger partial charge is 0.482 e. The van der Waals surface area contributed by atoms with Crippen molar-refractivity contribution in [3.8, 4) is 5.75 Å². The van der Waals surface area contributed by atoms with Crippen molar-refractivity contribution in [2.75, 3.05) is 6.61 Å². The van der Waals surface area contributed by atoms with Crippen LogP contribution in [0.1, 0.15) is 52.7 Å². The van der Waals surface area contributed by atoms with Crippen molar-refractivity contribution >= 4 is 11.8 Å². The molecule has 1 N–H and O–H groups in total. The minimum atomic E-state index is -0.987. The topological polar surface area (TPSA) is 63.6 Å². The Morgan fingerprint density at radius 2 is 1.85 bits per heavy atom. The van der Waals surface area contributed by atoms with Gasteiger partial charge in [-0.25, -0.2) is 4.79 Å². The highest BCUT2D eigenvalue weighted by Gasteiger charge is 2.27. The molecule has 0 saturated heterocycles. The molecule has 3 rings (SSSR count). The molecule has 0 aromatic heterocycles. The van der Waals surface area contributed by atoms with Crippen LogP contribution in [0.3, 0.4) is 0 Å². The number of Topliss-reactive ketones (excluding diaryl/α,β-unsaturated/α-hetero) is 1.